The van der Waals surface area contributed by atoms with Gasteiger partial charge >= 0.3 is 5.97 Å². The third-order valence-corrected chi connectivity index (χ3v) is 3.60. The molecule has 20 heavy (non-hydrogen) atoms. The van der Waals surface area contributed by atoms with Crippen molar-refractivity contribution in [3.63, 3.8) is 0 Å². The van der Waals surface area contributed by atoms with Crippen LogP contribution in [0, 0.1) is 5.92 Å². The molecule has 5 nitrogen and oxygen atoms in total. The van der Waals surface area contributed by atoms with Crippen LogP contribution in [0.4, 0.5) is 0 Å². The molecular formula is C15H23NO4. The molecule has 2 atom stereocenters. The van der Waals surface area contributed by atoms with Crippen molar-refractivity contribution in [2.75, 3.05) is 6.61 Å². The van der Waals surface area contributed by atoms with Crippen molar-refractivity contribution >= 4 is 17.8 Å². The van der Waals surface area contributed by atoms with E-state index in [1.54, 1.807) is 6.92 Å². The molecule has 0 aromatic carbocycles. The average Bonchev–Trinajstić information content (AvgIpc) is 2.76. The number of rotatable bonds is 8. The van der Waals surface area contributed by atoms with Gasteiger partial charge in [0.15, 0.2) is 0 Å². The van der Waals surface area contributed by atoms with E-state index in [9.17, 15) is 14.4 Å². The molecule has 0 fully saturated rings. The number of amides is 2. The molecule has 112 valence electrons. The van der Waals surface area contributed by atoms with E-state index in [1.165, 1.54) is 12.2 Å². The number of carbonyl (C=O) groups excluding carboxylic acids is 3. The first kappa shape index (κ1) is 16.4. The second kappa shape index (κ2) is 7.82. The second-order valence-electron chi connectivity index (χ2n) is 5.13. The summed E-state index contributed by atoms with van der Waals surface area (Å²) in [4.78, 5) is 36.1. The zero-order valence-electron chi connectivity index (χ0n) is 12.4. The SMILES string of the molecule is CCC(C)CCCOC(=O)C(CC)N1C(=O)C=CC1=O. The molecule has 0 aliphatic carbocycles. The van der Waals surface area contributed by atoms with E-state index in [0.717, 1.165) is 24.2 Å². The molecule has 1 aliphatic rings. The van der Waals surface area contributed by atoms with Crippen LogP contribution in [-0.2, 0) is 19.1 Å². The molecule has 0 aromatic heterocycles. The van der Waals surface area contributed by atoms with Gasteiger partial charge in [-0.05, 0) is 25.2 Å². The molecule has 0 saturated heterocycles. The van der Waals surface area contributed by atoms with Gasteiger partial charge in [0, 0.05) is 12.2 Å². The van der Waals surface area contributed by atoms with Crippen molar-refractivity contribution < 1.29 is 19.1 Å². The van der Waals surface area contributed by atoms with Gasteiger partial charge in [0.25, 0.3) is 11.8 Å². The Morgan fingerprint density at radius 2 is 1.80 bits per heavy atom. The molecule has 1 rings (SSSR count). The van der Waals surface area contributed by atoms with Crippen LogP contribution in [0.1, 0.15) is 46.5 Å². The van der Waals surface area contributed by atoms with Crippen LogP contribution in [0.25, 0.3) is 0 Å². The van der Waals surface area contributed by atoms with Gasteiger partial charge in [-0.2, -0.15) is 0 Å². The Hall–Kier alpha value is -1.65. The minimum absolute atomic E-state index is 0.337. The van der Waals surface area contributed by atoms with E-state index in [4.69, 9.17) is 4.74 Å². The molecule has 0 N–H and O–H groups in total. The van der Waals surface area contributed by atoms with E-state index in [2.05, 4.69) is 13.8 Å². The Labute approximate surface area is 120 Å². The summed E-state index contributed by atoms with van der Waals surface area (Å²) >= 11 is 0. The van der Waals surface area contributed by atoms with Crippen molar-refractivity contribution in [3.8, 4) is 0 Å². The highest BCUT2D eigenvalue weighted by Gasteiger charge is 2.35. The maximum atomic E-state index is 12.0. The second-order valence-corrected chi connectivity index (χ2v) is 5.13. The summed E-state index contributed by atoms with van der Waals surface area (Å²) in [6.07, 6.45) is 5.64. The van der Waals surface area contributed by atoms with Gasteiger partial charge in [-0.1, -0.05) is 27.2 Å². The van der Waals surface area contributed by atoms with Crippen LogP contribution < -0.4 is 0 Å². The van der Waals surface area contributed by atoms with Crippen molar-refractivity contribution in [1.29, 1.82) is 0 Å². The molecule has 0 aromatic rings. The summed E-state index contributed by atoms with van der Waals surface area (Å²) in [6.45, 7) is 6.37. The highest BCUT2D eigenvalue weighted by atomic mass is 16.5. The first-order valence-electron chi connectivity index (χ1n) is 7.23. The molecule has 0 bridgehead atoms. The lowest BCUT2D eigenvalue weighted by Gasteiger charge is -2.23. The van der Waals surface area contributed by atoms with E-state index < -0.39 is 23.8 Å². The summed E-state index contributed by atoms with van der Waals surface area (Å²) in [6, 6.07) is -0.811. The smallest absolute Gasteiger partial charge is 0.329 e. The first-order chi connectivity index (χ1) is 9.51. The van der Waals surface area contributed by atoms with Crippen molar-refractivity contribution in [2.24, 2.45) is 5.92 Å². The van der Waals surface area contributed by atoms with Gasteiger partial charge in [-0.3, -0.25) is 14.5 Å². The Morgan fingerprint density at radius 1 is 1.20 bits per heavy atom. The molecular weight excluding hydrogens is 258 g/mol. The normalized spacial score (nSPS) is 17.4. The highest BCUT2D eigenvalue weighted by Crippen LogP contribution is 2.14. The predicted molar refractivity (Wildman–Crippen MR) is 74.7 cm³/mol. The molecule has 1 aliphatic heterocycles. The van der Waals surface area contributed by atoms with Gasteiger partial charge in [-0.15, -0.1) is 0 Å². The lowest BCUT2D eigenvalue weighted by Crippen LogP contribution is -2.45. The molecule has 0 radical (unpaired) electrons. The maximum absolute atomic E-state index is 12.0. The Kier molecular flexibility index (Phi) is 6.42. The van der Waals surface area contributed by atoms with Crippen LogP contribution in [0.2, 0.25) is 0 Å². The predicted octanol–water partition coefficient (Wildman–Crippen LogP) is 2.06. The standard InChI is InChI=1S/C15H23NO4/c1-4-11(3)7-6-10-20-15(19)12(5-2)16-13(17)8-9-14(16)18/h8-9,11-12H,4-7,10H2,1-3H3. The topological polar surface area (TPSA) is 63.7 Å². The number of carbonyl (C=O) groups is 3. The first-order valence-corrected chi connectivity index (χ1v) is 7.23. The van der Waals surface area contributed by atoms with E-state index in [0.29, 0.717) is 18.9 Å². The van der Waals surface area contributed by atoms with Crippen molar-refractivity contribution in [3.05, 3.63) is 12.2 Å². The summed E-state index contributed by atoms with van der Waals surface area (Å²) in [7, 11) is 0. The average molecular weight is 281 g/mol. The molecule has 1 heterocycles. The lowest BCUT2D eigenvalue weighted by atomic mass is 10.0. The Bertz CT molecular complexity index is 385. The van der Waals surface area contributed by atoms with Gasteiger partial charge < -0.3 is 4.74 Å². The van der Waals surface area contributed by atoms with Gasteiger partial charge in [0.05, 0.1) is 6.61 Å². The van der Waals surface area contributed by atoms with Crippen LogP contribution in [0.3, 0.4) is 0 Å². The third-order valence-electron chi connectivity index (χ3n) is 3.60. The fraction of sp³-hybridized carbons (Fsp3) is 0.667. The number of imide groups is 1. The Morgan fingerprint density at radius 3 is 2.30 bits per heavy atom. The fourth-order valence-corrected chi connectivity index (χ4v) is 2.08. The Balaban J connectivity index is 2.44. The molecule has 0 saturated carbocycles. The lowest BCUT2D eigenvalue weighted by molar-refractivity contribution is -0.157. The van der Waals surface area contributed by atoms with Crippen LogP contribution in [0.5, 0.6) is 0 Å². The summed E-state index contributed by atoms with van der Waals surface area (Å²) in [5.41, 5.74) is 0. The minimum Gasteiger partial charge on any atom is -0.464 e. The highest BCUT2D eigenvalue weighted by molar-refractivity contribution is 6.14. The van der Waals surface area contributed by atoms with E-state index in [1.807, 2.05) is 0 Å². The van der Waals surface area contributed by atoms with Gasteiger partial charge in [0.1, 0.15) is 6.04 Å². The number of nitrogens with zero attached hydrogens (tertiary/aromatic N) is 1. The number of ether oxygens (including phenoxy) is 1. The summed E-state index contributed by atoms with van der Waals surface area (Å²) in [5, 5.41) is 0. The van der Waals surface area contributed by atoms with Crippen LogP contribution >= 0.6 is 0 Å². The van der Waals surface area contributed by atoms with Gasteiger partial charge in [-0.25, -0.2) is 4.79 Å². The summed E-state index contributed by atoms with van der Waals surface area (Å²) in [5.74, 6) is -0.777. The molecule has 2 amide bonds. The zero-order chi connectivity index (χ0) is 15.1. The zero-order valence-corrected chi connectivity index (χ0v) is 12.4. The number of hydrogen-bond donors (Lipinski definition) is 0. The van der Waals surface area contributed by atoms with E-state index in [-0.39, 0.29) is 0 Å². The number of hydrogen-bond acceptors (Lipinski definition) is 4. The fourth-order valence-electron chi connectivity index (χ4n) is 2.08. The maximum Gasteiger partial charge on any atom is 0.329 e. The molecule has 5 heteroatoms. The van der Waals surface area contributed by atoms with E-state index >= 15 is 0 Å². The minimum atomic E-state index is -0.811. The third kappa shape index (κ3) is 4.18. The molecule has 0 spiro atoms. The molecule has 2 unspecified atom stereocenters. The quantitative estimate of drug-likeness (QED) is 0.388. The largest absolute Gasteiger partial charge is 0.464 e. The summed E-state index contributed by atoms with van der Waals surface area (Å²) < 4.78 is 5.19. The van der Waals surface area contributed by atoms with Crippen LogP contribution in [0.15, 0.2) is 12.2 Å². The van der Waals surface area contributed by atoms with Gasteiger partial charge in [0.2, 0.25) is 0 Å². The van der Waals surface area contributed by atoms with Crippen molar-refractivity contribution in [2.45, 2.75) is 52.5 Å². The monoisotopic (exact) mass is 281 g/mol. The number of esters is 1. The van der Waals surface area contributed by atoms with Crippen molar-refractivity contribution in [1.82, 2.24) is 4.90 Å². The van der Waals surface area contributed by atoms with Crippen LogP contribution in [-0.4, -0.2) is 35.3 Å².